The molecule has 0 aliphatic heterocycles. The number of nitrogens with zero attached hydrogens (tertiary/aromatic N) is 1. The average molecular weight is 225 g/mol. The molecule has 0 amide bonds. The second-order valence-electron chi connectivity index (χ2n) is 4.23. The van der Waals surface area contributed by atoms with Gasteiger partial charge in [0.25, 0.3) is 0 Å². The SMILES string of the molecule is CCCN(c1ccc(CO)cc1F)C(C)C. The van der Waals surface area contributed by atoms with E-state index >= 15 is 0 Å². The smallest absolute Gasteiger partial charge is 0.146 e. The fraction of sp³-hybridized carbons (Fsp3) is 0.538. The molecule has 0 unspecified atom stereocenters. The molecule has 0 atom stereocenters. The number of rotatable bonds is 5. The van der Waals surface area contributed by atoms with Gasteiger partial charge in [-0.1, -0.05) is 13.0 Å². The van der Waals surface area contributed by atoms with Crippen molar-refractivity contribution < 1.29 is 9.50 Å². The van der Waals surface area contributed by atoms with Crippen LogP contribution in [-0.2, 0) is 6.61 Å². The molecule has 0 bridgehead atoms. The summed E-state index contributed by atoms with van der Waals surface area (Å²) in [7, 11) is 0. The lowest BCUT2D eigenvalue weighted by Crippen LogP contribution is -2.32. The third-order valence-corrected chi connectivity index (χ3v) is 2.59. The van der Waals surface area contributed by atoms with Crippen molar-refractivity contribution in [2.75, 3.05) is 11.4 Å². The summed E-state index contributed by atoms with van der Waals surface area (Å²) in [5, 5.41) is 8.92. The van der Waals surface area contributed by atoms with Crippen molar-refractivity contribution >= 4 is 5.69 Å². The number of anilines is 1. The molecule has 1 aromatic rings. The molecule has 16 heavy (non-hydrogen) atoms. The number of hydrogen-bond acceptors (Lipinski definition) is 2. The molecule has 0 aromatic heterocycles. The zero-order valence-corrected chi connectivity index (χ0v) is 10.2. The van der Waals surface area contributed by atoms with Gasteiger partial charge in [-0.25, -0.2) is 4.39 Å². The van der Waals surface area contributed by atoms with E-state index < -0.39 is 0 Å². The molecule has 2 nitrogen and oxygen atoms in total. The van der Waals surface area contributed by atoms with Crippen LogP contribution in [0.2, 0.25) is 0 Å². The van der Waals surface area contributed by atoms with Gasteiger partial charge in [0.2, 0.25) is 0 Å². The fourth-order valence-corrected chi connectivity index (χ4v) is 1.78. The van der Waals surface area contributed by atoms with Crippen molar-refractivity contribution in [1.29, 1.82) is 0 Å². The quantitative estimate of drug-likeness (QED) is 0.832. The second kappa shape index (κ2) is 5.85. The average Bonchev–Trinajstić information content (AvgIpc) is 2.26. The molecule has 90 valence electrons. The number of aliphatic hydroxyl groups is 1. The Morgan fingerprint density at radius 1 is 1.38 bits per heavy atom. The first-order chi connectivity index (χ1) is 7.60. The summed E-state index contributed by atoms with van der Waals surface area (Å²) in [4.78, 5) is 2.04. The molecule has 0 fully saturated rings. The standard InChI is InChI=1S/C13H20FNO/c1-4-7-15(10(2)3)13-6-5-11(9-16)8-12(13)14/h5-6,8,10,16H,4,7,9H2,1-3H3. The van der Waals surface area contributed by atoms with Gasteiger partial charge in [-0.2, -0.15) is 0 Å². The molecule has 0 heterocycles. The normalized spacial score (nSPS) is 10.9. The lowest BCUT2D eigenvalue weighted by atomic mass is 10.1. The maximum absolute atomic E-state index is 13.8. The van der Waals surface area contributed by atoms with E-state index in [0.717, 1.165) is 13.0 Å². The van der Waals surface area contributed by atoms with Crippen molar-refractivity contribution in [2.24, 2.45) is 0 Å². The number of aliphatic hydroxyl groups excluding tert-OH is 1. The summed E-state index contributed by atoms with van der Waals surface area (Å²) in [6.45, 7) is 6.90. The summed E-state index contributed by atoms with van der Waals surface area (Å²) in [5.74, 6) is -0.256. The molecular weight excluding hydrogens is 205 g/mol. The van der Waals surface area contributed by atoms with Crippen LogP contribution in [0.25, 0.3) is 0 Å². The summed E-state index contributed by atoms with van der Waals surface area (Å²) in [5.41, 5.74) is 1.23. The number of hydrogen-bond donors (Lipinski definition) is 1. The molecule has 0 spiro atoms. The van der Waals surface area contributed by atoms with Crippen molar-refractivity contribution in [3.05, 3.63) is 29.6 Å². The molecular formula is C13H20FNO. The minimum atomic E-state index is -0.256. The van der Waals surface area contributed by atoms with Crippen LogP contribution in [0.1, 0.15) is 32.8 Å². The van der Waals surface area contributed by atoms with Gasteiger partial charge in [-0.05, 0) is 38.0 Å². The maximum Gasteiger partial charge on any atom is 0.146 e. The maximum atomic E-state index is 13.8. The summed E-state index contributed by atoms with van der Waals surface area (Å²) in [6.07, 6.45) is 0.985. The van der Waals surface area contributed by atoms with Crippen LogP contribution in [0.4, 0.5) is 10.1 Å². The second-order valence-corrected chi connectivity index (χ2v) is 4.23. The lowest BCUT2D eigenvalue weighted by Gasteiger charge is -2.29. The van der Waals surface area contributed by atoms with Crippen molar-refractivity contribution in [2.45, 2.75) is 39.8 Å². The van der Waals surface area contributed by atoms with Gasteiger partial charge < -0.3 is 10.0 Å². The predicted molar refractivity (Wildman–Crippen MR) is 65.1 cm³/mol. The van der Waals surface area contributed by atoms with Crippen molar-refractivity contribution in [1.82, 2.24) is 0 Å². The first-order valence-electron chi connectivity index (χ1n) is 5.76. The number of halogens is 1. The lowest BCUT2D eigenvalue weighted by molar-refractivity contribution is 0.281. The topological polar surface area (TPSA) is 23.5 Å². The Hall–Kier alpha value is -1.09. The van der Waals surface area contributed by atoms with Crippen LogP contribution in [0.3, 0.4) is 0 Å². The summed E-state index contributed by atoms with van der Waals surface area (Å²) in [6, 6.07) is 5.19. The zero-order valence-electron chi connectivity index (χ0n) is 10.2. The highest BCUT2D eigenvalue weighted by molar-refractivity contribution is 5.49. The molecule has 1 rings (SSSR count). The molecule has 0 saturated heterocycles. The molecule has 0 radical (unpaired) electrons. The minimum absolute atomic E-state index is 0.118. The first kappa shape index (κ1) is 13.0. The van der Waals surface area contributed by atoms with E-state index in [0.29, 0.717) is 11.3 Å². The Kier molecular flexibility index (Phi) is 4.74. The van der Waals surface area contributed by atoms with Crippen molar-refractivity contribution in [3.8, 4) is 0 Å². The summed E-state index contributed by atoms with van der Waals surface area (Å²) < 4.78 is 13.8. The monoisotopic (exact) mass is 225 g/mol. The third-order valence-electron chi connectivity index (χ3n) is 2.59. The van der Waals surface area contributed by atoms with Gasteiger partial charge in [0.1, 0.15) is 5.82 Å². The highest BCUT2D eigenvalue weighted by atomic mass is 19.1. The van der Waals surface area contributed by atoms with E-state index in [9.17, 15) is 4.39 Å². The van der Waals surface area contributed by atoms with Crippen molar-refractivity contribution in [3.63, 3.8) is 0 Å². The Morgan fingerprint density at radius 2 is 2.06 bits per heavy atom. The van der Waals surface area contributed by atoms with Crippen LogP contribution in [0.5, 0.6) is 0 Å². The molecule has 0 aliphatic rings. The van der Waals surface area contributed by atoms with E-state index in [-0.39, 0.29) is 18.5 Å². The van der Waals surface area contributed by atoms with Crippen LogP contribution in [0, 0.1) is 5.82 Å². The van der Waals surface area contributed by atoms with Gasteiger partial charge in [-0.15, -0.1) is 0 Å². The summed E-state index contributed by atoms with van der Waals surface area (Å²) >= 11 is 0. The van der Waals surface area contributed by atoms with Crippen LogP contribution < -0.4 is 4.90 Å². The Bertz CT molecular complexity index is 339. The van der Waals surface area contributed by atoms with Gasteiger partial charge in [0.05, 0.1) is 12.3 Å². The van der Waals surface area contributed by atoms with Crippen LogP contribution >= 0.6 is 0 Å². The highest BCUT2D eigenvalue weighted by Crippen LogP contribution is 2.22. The first-order valence-corrected chi connectivity index (χ1v) is 5.76. The minimum Gasteiger partial charge on any atom is -0.392 e. The zero-order chi connectivity index (χ0) is 12.1. The highest BCUT2D eigenvalue weighted by Gasteiger charge is 2.14. The van der Waals surface area contributed by atoms with Gasteiger partial charge in [0, 0.05) is 12.6 Å². The molecule has 1 aromatic carbocycles. The predicted octanol–water partition coefficient (Wildman–Crippen LogP) is 2.94. The Morgan fingerprint density at radius 3 is 2.50 bits per heavy atom. The Labute approximate surface area is 96.7 Å². The van der Waals surface area contributed by atoms with E-state index in [1.54, 1.807) is 12.1 Å². The molecule has 0 saturated carbocycles. The fourth-order valence-electron chi connectivity index (χ4n) is 1.78. The van der Waals surface area contributed by atoms with E-state index in [1.807, 2.05) is 4.90 Å². The number of benzene rings is 1. The largest absolute Gasteiger partial charge is 0.392 e. The van der Waals surface area contributed by atoms with Crippen LogP contribution in [-0.4, -0.2) is 17.7 Å². The van der Waals surface area contributed by atoms with Gasteiger partial charge in [0.15, 0.2) is 0 Å². The van der Waals surface area contributed by atoms with Gasteiger partial charge in [-0.3, -0.25) is 0 Å². The van der Waals surface area contributed by atoms with Gasteiger partial charge >= 0.3 is 0 Å². The third kappa shape index (κ3) is 2.95. The van der Waals surface area contributed by atoms with E-state index in [1.165, 1.54) is 6.07 Å². The molecule has 1 N–H and O–H groups in total. The van der Waals surface area contributed by atoms with Crippen LogP contribution in [0.15, 0.2) is 18.2 Å². The van der Waals surface area contributed by atoms with E-state index in [4.69, 9.17) is 5.11 Å². The Balaban J connectivity index is 3.00. The van der Waals surface area contributed by atoms with E-state index in [2.05, 4.69) is 20.8 Å². The molecule has 0 aliphatic carbocycles. The molecule has 3 heteroatoms.